The first kappa shape index (κ1) is 14.6. The van der Waals surface area contributed by atoms with E-state index in [9.17, 15) is 22.4 Å². The van der Waals surface area contributed by atoms with Crippen LogP contribution < -0.4 is 4.74 Å². The van der Waals surface area contributed by atoms with E-state index in [1.165, 1.54) is 7.11 Å². The lowest BCUT2D eigenvalue weighted by atomic mass is 10.1. The van der Waals surface area contributed by atoms with Crippen molar-refractivity contribution < 1.29 is 31.8 Å². The lowest BCUT2D eigenvalue weighted by Crippen LogP contribution is -2.11. The van der Waals surface area contributed by atoms with Gasteiger partial charge >= 0.3 is 12.1 Å². The van der Waals surface area contributed by atoms with Crippen molar-refractivity contribution in [2.24, 2.45) is 0 Å². The molecule has 0 saturated carbocycles. The molecule has 8 heteroatoms. The van der Waals surface area contributed by atoms with Crippen molar-refractivity contribution in [2.45, 2.75) is 6.18 Å². The summed E-state index contributed by atoms with van der Waals surface area (Å²) >= 11 is 0.580. The number of benzene rings is 1. The Morgan fingerprint density at radius 2 is 1.90 bits per heavy atom. The Balaban J connectivity index is 2.83. The van der Waals surface area contributed by atoms with Gasteiger partial charge in [0.15, 0.2) is 11.6 Å². The first-order valence-electron chi connectivity index (χ1n) is 5.25. The number of rotatable bonds is 2. The molecule has 2 rings (SSSR count). The van der Waals surface area contributed by atoms with E-state index in [2.05, 4.69) is 4.74 Å². The highest BCUT2D eigenvalue weighted by Crippen LogP contribution is 2.44. The maximum Gasteiger partial charge on any atom is 0.418 e. The summed E-state index contributed by atoms with van der Waals surface area (Å²) in [6.07, 6.45) is -4.79. The average molecular weight is 308 g/mol. The number of fused-ring (bicyclic) bond motifs is 1. The second-order valence-corrected chi connectivity index (χ2v) is 4.83. The van der Waals surface area contributed by atoms with Gasteiger partial charge in [-0.05, 0) is 6.07 Å². The van der Waals surface area contributed by atoms with Gasteiger partial charge in [-0.2, -0.15) is 13.2 Å². The van der Waals surface area contributed by atoms with Gasteiger partial charge in [0, 0.05) is 16.2 Å². The van der Waals surface area contributed by atoms with Crippen LogP contribution >= 0.6 is 11.3 Å². The van der Waals surface area contributed by atoms with Gasteiger partial charge in [-0.3, -0.25) is 0 Å². The van der Waals surface area contributed by atoms with Crippen LogP contribution in [0, 0.1) is 5.82 Å². The molecule has 1 aromatic carbocycles. The third-order valence-corrected chi connectivity index (χ3v) is 3.75. The van der Waals surface area contributed by atoms with Crippen LogP contribution in [0.4, 0.5) is 17.6 Å². The molecule has 0 saturated heterocycles. The van der Waals surface area contributed by atoms with Crippen molar-refractivity contribution >= 4 is 27.4 Å². The van der Waals surface area contributed by atoms with E-state index in [4.69, 9.17) is 4.74 Å². The molecule has 0 unspecified atom stereocenters. The third-order valence-electron chi connectivity index (χ3n) is 2.62. The molecular formula is C12H8F4O3S. The molecule has 1 heterocycles. The molecule has 0 bridgehead atoms. The first-order valence-corrected chi connectivity index (χ1v) is 6.06. The van der Waals surface area contributed by atoms with Gasteiger partial charge in [0.2, 0.25) is 0 Å². The second kappa shape index (κ2) is 4.93. The molecular weight excluding hydrogens is 300 g/mol. The van der Waals surface area contributed by atoms with Crippen molar-refractivity contribution in [3.8, 4) is 5.75 Å². The molecule has 0 aliphatic carbocycles. The summed E-state index contributed by atoms with van der Waals surface area (Å²) in [5.74, 6) is -2.23. The molecule has 3 nitrogen and oxygen atoms in total. The molecule has 0 radical (unpaired) electrons. The molecule has 0 aliphatic rings. The monoisotopic (exact) mass is 308 g/mol. The van der Waals surface area contributed by atoms with Crippen LogP contribution in [0.2, 0.25) is 0 Å². The standard InChI is InChI=1S/C12H8F4O3S/c1-18-7-4-8-5(3-6(7)13)9(12(14,15)16)10(20-8)11(17)19-2/h3-4H,1-2H3. The molecule has 0 atom stereocenters. The highest BCUT2D eigenvalue weighted by atomic mass is 32.1. The quantitative estimate of drug-likeness (QED) is 0.624. The number of ether oxygens (including phenoxy) is 2. The van der Waals surface area contributed by atoms with Gasteiger partial charge in [0.25, 0.3) is 0 Å². The minimum absolute atomic E-state index is 0.0935. The number of halogens is 4. The van der Waals surface area contributed by atoms with E-state index in [0.717, 1.165) is 13.2 Å². The fourth-order valence-corrected chi connectivity index (χ4v) is 2.92. The zero-order valence-corrected chi connectivity index (χ0v) is 11.1. The summed E-state index contributed by atoms with van der Waals surface area (Å²) in [6, 6.07) is 1.83. The number of hydrogen-bond acceptors (Lipinski definition) is 4. The van der Waals surface area contributed by atoms with E-state index >= 15 is 0 Å². The maximum absolute atomic E-state index is 13.6. The Hall–Kier alpha value is -1.83. The normalized spacial score (nSPS) is 11.7. The molecule has 2 aromatic rings. The number of hydrogen-bond donors (Lipinski definition) is 0. The number of alkyl halides is 3. The number of carbonyl (C=O) groups excluding carboxylic acids is 1. The SMILES string of the molecule is COC(=O)c1sc2cc(OC)c(F)cc2c1C(F)(F)F. The average Bonchev–Trinajstić information content (AvgIpc) is 2.74. The van der Waals surface area contributed by atoms with Crippen LogP contribution in [0.5, 0.6) is 5.75 Å². The second-order valence-electron chi connectivity index (χ2n) is 3.78. The van der Waals surface area contributed by atoms with Crippen molar-refractivity contribution in [3.05, 3.63) is 28.4 Å². The molecule has 0 N–H and O–H groups in total. The van der Waals surface area contributed by atoms with E-state index in [1.54, 1.807) is 0 Å². The number of methoxy groups -OCH3 is 2. The summed E-state index contributed by atoms with van der Waals surface area (Å²) < 4.78 is 61.9. The molecule has 0 spiro atoms. The summed E-state index contributed by atoms with van der Waals surface area (Å²) in [6.45, 7) is 0. The Kier molecular flexibility index (Phi) is 3.59. The van der Waals surface area contributed by atoms with Gasteiger partial charge in [0.05, 0.1) is 19.8 Å². The highest BCUT2D eigenvalue weighted by Gasteiger charge is 2.40. The maximum atomic E-state index is 13.6. The highest BCUT2D eigenvalue weighted by molar-refractivity contribution is 7.21. The summed E-state index contributed by atoms with van der Waals surface area (Å²) in [7, 11) is 2.18. The Morgan fingerprint density at radius 3 is 2.40 bits per heavy atom. The van der Waals surface area contributed by atoms with E-state index in [-0.39, 0.29) is 15.8 Å². The van der Waals surface area contributed by atoms with Gasteiger partial charge in [-0.25, -0.2) is 9.18 Å². The van der Waals surface area contributed by atoms with Crippen molar-refractivity contribution in [2.75, 3.05) is 14.2 Å². The topological polar surface area (TPSA) is 35.5 Å². The van der Waals surface area contributed by atoms with Gasteiger partial charge in [-0.15, -0.1) is 11.3 Å². The predicted molar refractivity (Wildman–Crippen MR) is 64.7 cm³/mol. The Labute approximate surface area is 114 Å². The minimum atomic E-state index is -4.79. The zero-order chi connectivity index (χ0) is 15.1. The molecule has 0 amide bonds. The molecule has 20 heavy (non-hydrogen) atoms. The molecule has 0 fully saturated rings. The zero-order valence-electron chi connectivity index (χ0n) is 10.3. The first-order chi connectivity index (χ1) is 9.29. The van der Waals surface area contributed by atoms with Crippen LogP contribution in [-0.4, -0.2) is 20.2 Å². The summed E-state index contributed by atoms with van der Waals surface area (Å²) in [5.41, 5.74) is -1.19. The number of esters is 1. The Bertz CT molecular complexity index is 675. The summed E-state index contributed by atoms with van der Waals surface area (Å²) in [5, 5.41) is -0.388. The van der Waals surface area contributed by atoms with E-state index in [1.807, 2.05) is 0 Å². The Morgan fingerprint density at radius 1 is 1.25 bits per heavy atom. The third kappa shape index (κ3) is 2.31. The molecule has 108 valence electrons. The van der Waals surface area contributed by atoms with Gasteiger partial charge in [0.1, 0.15) is 4.88 Å². The fourth-order valence-electron chi connectivity index (χ4n) is 1.77. The fraction of sp³-hybridized carbons (Fsp3) is 0.250. The van der Waals surface area contributed by atoms with Crippen molar-refractivity contribution in [1.82, 2.24) is 0 Å². The lowest BCUT2D eigenvalue weighted by Gasteiger charge is -2.08. The van der Waals surface area contributed by atoms with Crippen LogP contribution in [0.3, 0.4) is 0 Å². The van der Waals surface area contributed by atoms with Crippen LogP contribution in [0.15, 0.2) is 12.1 Å². The van der Waals surface area contributed by atoms with E-state index < -0.39 is 28.4 Å². The number of carbonyl (C=O) groups is 1. The smallest absolute Gasteiger partial charge is 0.418 e. The largest absolute Gasteiger partial charge is 0.494 e. The van der Waals surface area contributed by atoms with E-state index in [0.29, 0.717) is 17.4 Å². The molecule has 1 aromatic heterocycles. The lowest BCUT2D eigenvalue weighted by molar-refractivity contribution is -0.136. The van der Waals surface area contributed by atoms with Crippen LogP contribution in [0.25, 0.3) is 10.1 Å². The van der Waals surface area contributed by atoms with Crippen LogP contribution in [-0.2, 0) is 10.9 Å². The van der Waals surface area contributed by atoms with Crippen LogP contribution in [0.1, 0.15) is 15.2 Å². The number of thiophene rings is 1. The van der Waals surface area contributed by atoms with Crippen molar-refractivity contribution in [3.63, 3.8) is 0 Å². The summed E-state index contributed by atoms with van der Waals surface area (Å²) in [4.78, 5) is 10.8. The van der Waals surface area contributed by atoms with Crippen molar-refractivity contribution in [1.29, 1.82) is 0 Å². The minimum Gasteiger partial charge on any atom is -0.494 e. The predicted octanol–water partition coefficient (Wildman–Crippen LogP) is 3.85. The van der Waals surface area contributed by atoms with Gasteiger partial charge in [-0.1, -0.05) is 0 Å². The van der Waals surface area contributed by atoms with Gasteiger partial charge < -0.3 is 9.47 Å². The molecule has 0 aliphatic heterocycles.